The normalized spacial score (nSPS) is 12.1. The Labute approximate surface area is 125 Å². The molecule has 9 heteroatoms. The first-order chi connectivity index (χ1) is 10.5. The van der Waals surface area contributed by atoms with Crippen LogP contribution in [0.4, 0.5) is 0 Å². The van der Waals surface area contributed by atoms with Gasteiger partial charge in [0, 0.05) is 19.4 Å². The van der Waals surface area contributed by atoms with Crippen molar-refractivity contribution in [3.63, 3.8) is 0 Å². The van der Waals surface area contributed by atoms with Gasteiger partial charge in [-0.3, -0.25) is 9.48 Å². The van der Waals surface area contributed by atoms with Crippen molar-refractivity contribution in [2.75, 3.05) is 13.7 Å². The van der Waals surface area contributed by atoms with Crippen LogP contribution in [0.15, 0.2) is 23.0 Å². The van der Waals surface area contributed by atoms with Gasteiger partial charge < -0.3 is 19.7 Å². The summed E-state index contributed by atoms with van der Waals surface area (Å²) in [7, 11) is 1.26. The van der Waals surface area contributed by atoms with Crippen LogP contribution in [0.3, 0.4) is 0 Å². The van der Waals surface area contributed by atoms with Crippen LogP contribution in [0.25, 0.3) is 0 Å². The van der Waals surface area contributed by atoms with Crippen molar-refractivity contribution >= 4 is 11.9 Å². The number of amides is 1. The number of hydrogen-bond donors (Lipinski definition) is 2. The van der Waals surface area contributed by atoms with Crippen molar-refractivity contribution in [1.29, 1.82) is 0 Å². The summed E-state index contributed by atoms with van der Waals surface area (Å²) in [6.45, 7) is 2.10. The number of carbonyl (C=O) groups excluding carboxylic acids is 1. The van der Waals surface area contributed by atoms with Gasteiger partial charge in [-0.2, -0.15) is 5.10 Å². The lowest BCUT2D eigenvalue weighted by molar-refractivity contribution is -0.148. The Hall–Kier alpha value is -2.68. The number of methoxy groups -OCH3 is 1. The zero-order valence-corrected chi connectivity index (χ0v) is 12.1. The largest absolute Gasteiger partial charge is 0.479 e. The molecule has 2 rings (SSSR count). The van der Waals surface area contributed by atoms with Crippen molar-refractivity contribution in [2.24, 2.45) is 0 Å². The Balaban J connectivity index is 1.92. The van der Waals surface area contributed by atoms with Gasteiger partial charge in [0.05, 0.1) is 12.7 Å². The van der Waals surface area contributed by atoms with Crippen LogP contribution in [-0.2, 0) is 16.1 Å². The molecule has 2 aromatic heterocycles. The highest BCUT2D eigenvalue weighted by Crippen LogP contribution is 2.06. The topological polar surface area (TPSA) is 119 Å². The molecule has 1 amide bonds. The summed E-state index contributed by atoms with van der Waals surface area (Å²) in [6.07, 6.45) is 2.43. The summed E-state index contributed by atoms with van der Waals surface area (Å²) in [6, 6.07) is 1.48. The molecule has 2 aromatic rings. The number of aliphatic carboxylic acids is 1. The first-order valence-corrected chi connectivity index (χ1v) is 6.48. The molecule has 0 saturated heterocycles. The quantitative estimate of drug-likeness (QED) is 0.742. The van der Waals surface area contributed by atoms with E-state index in [0.29, 0.717) is 12.3 Å². The van der Waals surface area contributed by atoms with Gasteiger partial charge >= 0.3 is 5.97 Å². The second kappa shape index (κ2) is 6.85. The van der Waals surface area contributed by atoms with Gasteiger partial charge in [0.25, 0.3) is 5.91 Å². The van der Waals surface area contributed by atoms with E-state index >= 15 is 0 Å². The van der Waals surface area contributed by atoms with Crippen molar-refractivity contribution < 1.29 is 24.0 Å². The molecule has 0 fully saturated rings. The summed E-state index contributed by atoms with van der Waals surface area (Å²) in [5.74, 6) is -1.22. The zero-order valence-electron chi connectivity index (χ0n) is 12.1. The Kier molecular flexibility index (Phi) is 4.89. The number of hydrogen-bond acceptors (Lipinski definition) is 6. The molecule has 9 nitrogen and oxygen atoms in total. The molecule has 0 aliphatic heterocycles. The van der Waals surface area contributed by atoms with Crippen LogP contribution in [0.5, 0.6) is 0 Å². The fourth-order valence-electron chi connectivity index (χ4n) is 1.76. The van der Waals surface area contributed by atoms with E-state index in [1.807, 2.05) is 13.1 Å². The predicted molar refractivity (Wildman–Crippen MR) is 73.3 cm³/mol. The van der Waals surface area contributed by atoms with Crippen LogP contribution < -0.4 is 5.32 Å². The molecule has 0 bridgehead atoms. The summed E-state index contributed by atoms with van der Waals surface area (Å²) in [5, 5.41) is 19.0. The number of carbonyl (C=O) groups is 2. The number of carboxylic acid groups (broad SMARTS) is 1. The molecular weight excluding hydrogens is 292 g/mol. The third-order valence-corrected chi connectivity index (χ3v) is 2.88. The molecular formula is C13H16N4O5. The van der Waals surface area contributed by atoms with Gasteiger partial charge in [-0.1, -0.05) is 5.16 Å². The predicted octanol–water partition coefficient (Wildman–Crippen LogP) is 0.0572. The van der Waals surface area contributed by atoms with Gasteiger partial charge in [-0.25, -0.2) is 4.79 Å². The van der Waals surface area contributed by atoms with Crippen LogP contribution in [0, 0.1) is 6.92 Å². The standard InChI is InChI=1S/C13H16N4O5/c1-8-4-15-17(6-8)7-9-3-10(16-22-9)12(18)14-5-11(21-2)13(19)20/h3-4,6,11H,5,7H2,1-2H3,(H,14,18)(H,19,20). The zero-order chi connectivity index (χ0) is 16.1. The van der Waals surface area contributed by atoms with Crippen LogP contribution in [0.2, 0.25) is 0 Å². The molecule has 118 valence electrons. The number of ether oxygens (including phenoxy) is 1. The fraction of sp³-hybridized carbons (Fsp3) is 0.385. The highest BCUT2D eigenvalue weighted by Gasteiger charge is 2.19. The third-order valence-electron chi connectivity index (χ3n) is 2.88. The average Bonchev–Trinajstić information content (AvgIpc) is 3.09. The number of rotatable bonds is 7. The molecule has 0 spiro atoms. The van der Waals surface area contributed by atoms with Crippen LogP contribution in [0.1, 0.15) is 21.8 Å². The molecule has 0 aromatic carbocycles. The van der Waals surface area contributed by atoms with Crippen LogP contribution >= 0.6 is 0 Å². The molecule has 0 saturated carbocycles. The molecule has 2 N–H and O–H groups in total. The Morgan fingerprint density at radius 1 is 1.55 bits per heavy atom. The molecule has 0 aliphatic carbocycles. The van der Waals surface area contributed by atoms with Gasteiger partial charge in [0.15, 0.2) is 17.6 Å². The van der Waals surface area contributed by atoms with E-state index < -0.39 is 18.0 Å². The van der Waals surface area contributed by atoms with E-state index in [4.69, 9.17) is 14.4 Å². The summed E-state index contributed by atoms with van der Waals surface area (Å²) in [5.41, 5.74) is 1.08. The monoisotopic (exact) mass is 308 g/mol. The lowest BCUT2D eigenvalue weighted by Gasteiger charge is -2.10. The molecule has 22 heavy (non-hydrogen) atoms. The first kappa shape index (κ1) is 15.7. The smallest absolute Gasteiger partial charge is 0.334 e. The highest BCUT2D eigenvalue weighted by molar-refractivity contribution is 5.92. The van der Waals surface area contributed by atoms with Gasteiger partial charge in [0.2, 0.25) is 0 Å². The maximum Gasteiger partial charge on any atom is 0.334 e. The van der Waals surface area contributed by atoms with Crippen molar-refractivity contribution in [3.05, 3.63) is 35.5 Å². The maximum absolute atomic E-state index is 11.9. The number of aryl methyl sites for hydroxylation is 1. The number of carboxylic acids is 1. The maximum atomic E-state index is 11.9. The molecule has 2 heterocycles. The number of aromatic nitrogens is 3. The number of nitrogens with one attached hydrogen (secondary N) is 1. The molecule has 1 unspecified atom stereocenters. The Morgan fingerprint density at radius 3 is 2.91 bits per heavy atom. The Bertz CT molecular complexity index is 663. The molecule has 0 aliphatic rings. The summed E-state index contributed by atoms with van der Waals surface area (Å²) >= 11 is 0. The fourth-order valence-corrected chi connectivity index (χ4v) is 1.76. The van der Waals surface area contributed by atoms with E-state index in [1.165, 1.54) is 13.2 Å². The van der Waals surface area contributed by atoms with E-state index in [-0.39, 0.29) is 12.2 Å². The highest BCUT2D eigenvalue weighted by atomic mass is 16.5. The van der Waals surface area contributed by atoms with Gasteiger partial charge in [-0.15, -0.1) is 0 Å². The minimum Gasteiger partial charge on any atom is -0.479 e. The van der Waals surface area contributed by atoms with Crippen LogP contribution in [-0.4, -0.2) is 51.7 Å². The lowest BCUT2D eigenvalue weighted by atomic mass is 10.3. The van der Waals surface area contributed by atoms with E-state index in [1.54, 1.807) is 10.9 Å². The van der Waals surface area contributed by atoms with Crippen molar-refractivity contribution in [3.8, 4) is 0 Å². The van der Waals surface area contributed by atoms with E-state index in [2.05, 4.69) is 15.6 Å². The van der Waals surface area contributed by atoms with E-state index in [0.717, 1.165) is 5.56 Å². The first-order valence-electron chi connectivity index (χ1n) is 6.48. The molecule has 1 atom stereocenters. The molecule has 0 radical (unpaired) electrons. The second-order valence-electron chi connectivity index (χ2n) is 4.67. The minimum absolute atomic E-state index is 0.0686. The minimum atomic E-state index is -1.15. The summed E-state index contributed by atoms with van der Waals surface area (Å²) in [4.78, 5) is 22.6. The van der Waals surface area contributed by atoms with Crippen molar-refractivity contribution in [2.45, 2.75) is 19.6 Å². The second-order valence-corrected chi connectivity index (χ2v) is 4.67. The third kappa shape index (κ3) is 3.92. The summed E-state index contributed by atoms with van der Waals surface area (Å²) < 4.78 is 11.4. The van der Waals surface area contributed by atoms with Crippen molar-refractivity contribution in [1.82, 2.24) is 20.3 Å². The van der Waals surface area contributed by atoms with E-state index in [9.17, 15) is 9.59 Å². The average molecular weight is 308 g/mol. The Morgan fingerprint density at radius 2 is 2.32 bits per heavy atom. The van der Waals surface area contributed by atoms with Gasteiger partial charge in [-0.05, 0) is 12.5 Å². The number of nitrogens with zero attached hydrogens (tertiary/aromatic N) is 3. The lowest BCUT2D eigenvalue weighted by Crippen LogP contribution is -2.37. The van der Waals surface area contributed by atoms with Gasteiger partial charge in [0.1, 0.15) is 6.54 Å². The SMILES string of the molecule is COC(CNC(=O)c1cc(Cn2cc(C)cn2)on1)C(=O)O.